The maximum absolute atomic E-state index is 12.3. The van der Waals surface area contributed by atoms with Crippen molar-refractivity contribution in [3.05, 3.63) is 82.6 Å². The first-order valence-electron chi connectivity index (χ1n) is 8.20. The number of aromatic nitrogens is 2. The van der Waals surface area contributed by atoms with E-state index >= 15 is 0 Å². The summed E-state index contributed by atoms with van der Waals surface area (Å²) in [5.41, 5.74) is 2.63. The molecule has 1 unspecified atom stereocenters. The molecule has 1 heterocycles. The van der Waals surface area contributed by atoms with Gasteiger partial charge in [0.2, 0.25) is 0 Å². The first kappa shape index (κ1) is 17.7. The minimum atomic E-state index is -0.462. The van der Waals surface area contributed by atoms with E-state index in [-0.39, 0.29) is 5.91 Å². The molecule has 0 bridgehead atoms. The molecule has 0 fully saturated rings. The summed E-state index contributed by atoms with van der Waals surface area (Å²) in [5.74, 6) is -0.718. The van der Waals surface area contributed by atoms with E-state index in [1.165, 1.54) is 6.20 Å². The van der Waals surface area contributed by atoms with Crippen molar-refractivity contribution in [1.82, 2.24) is 9.78 Å². The molecule has 1 N–H and O–H groups in total. The molecule has 0 spiro atoms. The maximum atomic E-state index is 12.3. The van der Waals surface area contributed by atoms with Gasteiger partial charge in [0.1, 0.15) is 0 Å². The van der Waals surface area contributed by atoms with Gasteiger partial charge in [0.05, 0.1) is 23.7 Å². The van der Waals surface area contributed by atoms with Crippen LogP contribution >= 0.6 is 11.6 Å². The number of nitrogens with one attached hydrogen (secondary N) is 1. The smallest absolute Gasteiger partial charge is 0.258 e. The minimum absolute atomic E-state index is 0.256. The van der Waals surface area contributed by atoms with Gasteiger partial charge < -0.3 is 5.32 Å². The Morgan fingerprint density at radius 3 is 2.69 bits per heavy atom. The van der Waals surface area contributed by atoms with Gasteiger partial charge in [-0.15, -0.1) is 0 Å². The number of rotatable bonds is 5. The number of anilines is 1. The fourth-order valence-electron chi connectivity index (χ4n) is 2.67. The van der Waals surface area contributed by atoms with Crippen molar-refractivity contribution in [2.45, 2.75) is 19.4 Å². The van der Waals surface area contributed by atoms with Crippen LogP contribution in [0.4, 0.5) is 5.69 Å². The largest absolute Gasteiger partial charge is 0.322 e. The van der Waals surface area contributed by atoms with E-state index in [0.717, 1.165) is 5.56 Å². The van der Waals surface area contributed by atoms with E-state index in [2.05, 4.69) is 16.5 Å². The van der Waals surface area contributed by atoms with E-state index in [9.17, 15) is 10.1 Å². The van der Waals surface area contributed by atoms with Crippen LogP contribution in [0.2, 0.25) is 5.02 Å². The molecule has 0 saturated carbocycles. The molecular weight excluding hydrogens is 348 g/mol. The summed E-state index contributed by atoms with van der Waals surface area (Å²) in [6, 6.07) is 16.9. The quantitative estimate of drug-likeness (QED) is 0.726. The number of halogens is 1. The van der Waals surface area contributed by atoms with Crippen LogP contribution in [0.15, 0.2) is 60.9 Å². The first-order valence-corrected chi connectivity index (χ1v) is 8.58. The molecule has 1 aromatic heterocycles. The third kappa shape index (κ3) is 3.76. The zero-order valence-electron chi connectivity index (χ0n) is 14.2. The molecule has 1 amide bonds. The van der Waals surface area contributed by atoms with Crippen LogP contribution in [0.3, 0.4) is 0 Å². The van der Waals surface area contributed by atoms with Crippen LogP contribution < -0.4 is 5.32 Å². The molecule has 1 atom stereocenters. The summed E-state index contributed by atoms with van der Waals surface area (Å²) in [6.45, 7) is 2.65. The highest BCUT2D eigenvalue weighted by Crippen LogP contribution is 2.31. The molecule has 0 aliphatic carbocycles. The summed E-state index contributed by atoms with van der Waals surface area (Å²) < 4.78 is 1.68. The standard InChI is InChI=1S/C20H17ClN4O/c1-2-25-13-15(12-23-25)20(26)24-16-8-9-17(19(21)10-16)18(11-22)14-6-4-3-5-7-14/h3-10,12-13,18H,2H2,1H3,(H,24,26). The Labute approximate surface area is 156 Å². The molecule has 6 heteroatoms. The number of hydrogen-bond acceptors (Lipinski definition) is 3. The Kier molecular flexibility index (Phi) is 5.35. The van der Waals surface area contributed by atoms with Crippen molar-refractivity contribution in [2.24, 2.45) is 0 Å². The van der Waals surface area contributed by atoms with E-state index < -0.39 is 5.92 Å². The molecule has 0 aliphatic rings. The number of benzene rings is 2. The van der Waals surface area contributed by atoms with Crippen LogP contribution in [0.1, 0.15) is 34.3 Å². The molecule has 3 aromatic rings. The lowest BCUT2D eigenvalue weighted by Crippen LogP contribution is -2.11. The van der Waals surface area contributed by atoms with Crippen LogP contribution in [-0.2, 0) is 6.54 Å². The minimum Gasteiger partial charge on any atom is -0.322 e. The molecule has 0 aliphatic heterocycles. The summed E-state index contributed by atoms with van der Waals surface area (Å²) >= 11 is 6.39. The number of hydrogen-bond donors (Lipinski definition) is 1. The van der Waals surface area contributed by atoms with Crippen molar-refractivity contribution >= 4 is 23.2 Å². The second-order valence-electron chi connectivity index (χ2n) is 5.75. The zero-order chi connectivity index (χ0) is 18.5. The predicted octanol–water partition coefficient (Wildman–Crippen LogP) is 4.46. The highest BCUT2D eigenvalue weighted by molar-refractivity contribution is 6.31. The lowest BCUT2D eigenvalue weighted by Gasteiger charge is -2.13. The topological polar surface area (TPSA) is 70.7 Å². The zero-order valence-corrected chi connectivity index (χ0v) is 14.9. The average Bonchev–Trinajstić information content (AvgIpc) is 3.14. The van der Waals surface area contributed by atoms with E-state index in [4.69, 9.17) is 11.6 Å². The van der Waals surface area contributed by atoms with Gasteiger partial charge in [0.25, 0.3) is 5.91 Å². The van der Waals surface area contributed by atoms with Crippen molar-refractivity contribution < 1.29 is 4.79 Å². The Balaban J connectivity index is 1.81. The third-order valence-electron chi connectivity index (χ3n) is 4.05. The van der Waals surface area contributed by atoms with Gasteiger partial charge in [0.15, 0.2) is 0 Å². The van der Waals surface area contributed by atoms with Gasteiger partial charge in [-0.05, 0) is 30.2 Å². The van der Waals surface area contributed by atoms with Crippen molar-refractivity contribution in [3.8, 4) is 6.07 Å². The van der Waals surface area contributed by atoms with Crippen LogP contribution in [0.25, 0.3) is 0 Å². The first-order chi connectivity index (χ1) is 12.6. The fraction of sp³-hybridized carbons (Fsp3) is 0.150. The van der Waals surface area contributed by atoms with Gasteiger partial charge in [-0.1, -0.05) is 48.0 Å². The Morgan fingerprint density at radius 2 is 2.08 bits per heavy atom. The molecule has 26 heavy (non-hydrogen) atoms. The lowest BCUT2D eigenvalue weighted by molar-refractivity contribution is 0.102. The molecule has 3 rings (SSSR count). The van der Waals surface area contributed by atoms with Gasteiger partial charge in [0, 0.05) is 23.5 Å². The van der Waals surface area contributed by atoms with Crippen molar-refractivity contribution in [3.63, 3.8) is 0 Å². The number of carbonyl (C=O) groups excluding carboxylic acids is 1. The van der Waals surface area contributed by atoms with Gasteiger partial charge >= 0.3 is 0 Å². The third-order valence-corrected chi connectivity index (χ3v) is 4.38. The monoisotopic (exact) mass is 364 g/mol. The molecule has 0 radical (unpaired) electrons. The normalized spacial score (nSPS) is 11.6. The molecule has 5 nitrogen and oxygen atoms in total. The number of carbonyl (C=O) groups is 1. The van der Waals surface area contributed by atoms with Crippen molar-refractivity contribution in [2.75, 3.05) is 5.32 Å². The Hall–Kier alpha value is -3.10. The predicted molar refractivity (Wildman–Crippen MR) is 101 cm³/mol. The summed E-state index contributed by atoms with van der Waals surface area (Å²) in [5, 5.41) is 16.9. The Morgan fingerprint density at radius 1 is 1.31 bits per heavy atom. The highest BCUT2D eigenvalue weighted by atomic mass is 35.5. The van der Waals surface area contributed by atoms with Crippen LogP contribution in [0.5, 0.6) is 0 Å². The Bertz CT molecular complexity index is 959. The second-order valence-corrected chi connectivity index (χ2v) is 6.16. The summed E-state index contributed by atoms with van der Waals surface area (Å²) in [7, 11) is 0. The van der Waals surface area contributed by atoms with Crippen molar-refractivity contribution in [1.29, 1.82) is 5.26 Å². The van der Waals surface area contributed by atoms with Crippen LogP contribution in [-0.4, -0.2) is 15.7 Å². The van der Waals surface area contributed by atoms with E-state index in [0.29, 0.717) is 28.4 Å². The number of amides is 1. The summed E-state index contributed by atoms with van der Waals surface area (Å²) in [6.07, 6.45) is 3.21. The molecular formula is C20H17ClN4O. The summed E-state index contributed by atoms with van der Waals surface area (Å²) in [4.78, 5) is 12.3. The highest BCUT2D eigenvalue weighted by Gasteiger charge is 2.17. The molecule has 130 valence electrons. The maximum Gasteiger partial charge on any atom is 0.258 e. The van der Waals surface area contributed by atoms with E-state index in [1.54, 1.807) is 29.1 Å². The SMILES string of the molecule is CCn1cc(C(=O)Nc2ccc(C(C#N)c3ccccc3)c(Cl)c2)cn1. The number of aryl methyl sites for hydroxylation is 1. The van der Waals surface area contributed by atoms with Crippen LogP contribution in [0, 0.1) is 11.3 Å². The second kappa shape index (κ2) is 7.85. The van der Waals surface area contributed by atoms with Gasteiger partial charge in [-0.3, -0.25) is 9.48 Å². The number of nitriles is 1. The van der Waals surface area contributed by atoms with Gasteiger partial charge in [-0.2, -0.15) is 10.4 Å². The molecule has 2 aromatic carbocycles. The average molecular weight is 365 g/mol. The lowest BCUT2D eigenvalue weighted by atomic mass is 9.92. The fourth-order valence-corrected chi connectivity index (χ4v) is 2.95. The number of nitrogens with zero attached hydrogens (tertiary/aromatic N) is 3. The van der Waals surface area contributed by atoms with Gasteiger partial charge in [-0.25, -0.2) is 0 Å². The van der Waals surface area contributed by atoms with E-state index in [1.807, 2.05) is 37.3 Å². The molecule has 0 saturated heterocycles.